The number of nitrogens with two attached hydrogens (primary N) is 1. The maximum Gasteiger partial charge on any atom is 0.254 e. The molecule has 1 heterocycles. The van der Waals surface area contributed by atoms with Crippen LogP contribution in [0.3, 0.4) is 0 Å². The molecule has 27 heavy (non-hydrogen) atoms. The van der Waals surface area contributed by atoms with Crippen molar-refractivity contribution in [1.29, 1.82) is 0 Å². The average Bonchev–Trinajstić information content (AvgIpc) is 2.56. The van der Waals surface area contributed by atoms with Crippen molar-refractivity contribution in [3.63, 3.8) is 0 Å². The molecule has 2 fully saturated rings. The summed E-state index contributed by atoms with van der Waals surface area (Å²) in [4.78, 5) is 20.2. The Morgan fingerprint density at radius 2 is 1.93 bits per heavy atom. The third-order valence-electron chi connectivity index (χ3n) is 5.40. The number of aliphatic hydroxyl groups is 1. The maximum absolute atomic E-state index is 13.3. The van der Waals surface area contributed by atoms with Crippen molar-refractivity contribution in [3.8, 4) is 0 Å². The van der Waals surface area contributed by atoms with Crippen LogP contribution in [0.5, 0.6) is 0 Å². The average molecular weight is 383 g/mol. The van der Waals surface area contributed by atoms with Gasteiger partial charge in [-0.3, -0.25) is 4.79 Å². The van der Waals surface area contributed by atoms with Gasteiger partial charge in [-0.25, -0.2) is 13.8 Å². The Balaban J connectivity index is 1.72. The third kappa shape index (κ3) is 5.24. The fourth-order valence-corrected chi connectivity index (χ4v) is 3.89. The molecular formula is C18H27F2N5O2. The molecule has 9 heteroatoms. The summed E-state index contributed by atoms with van der Waals surface area (Å²) in [6, 6.07) is -0.171. The van der Waals surface area contributed by atoms with Crippen LogP contribution in [0, 0.1) is 0 Å². The zero-order valence-corrected chi connectivity index (χ0v) is 15.5. The lowest BCUT2D eigenvalue weighted by molar-refractivity contribution is -0.0361. The van der Waals surface area contributed by atoms with Crippen molar-refractivity contribution in [2.75, 3.05) is 10.6 Å². The number of halogens is 2. The fraction of sp³-hybridized carbons (Fsp3) is 0.722. The van der Waals surface area contributed by atoms with Crippen molar-refractivity contribution in [2.24, 2.45) is 5.73 Å². The molecule has 2 aliphatic rings. The number of hydrogen-bond acceptors (Lipinski definition) is 6. The van der Waals surface area contributed by atoms with E-state index in [9.17, 15) is 18.7 Å². The van der Waals surface area contributed by atoms with Crippen molar-refractivity contribution in [1.82, 2.24) is 9.97 Å². The summed E-state index contributed by atoms with van der Waals surface area (Å²) in [6.45, 7) is 1.79. The van der Waals surface area contributed by atoms with Gasteiger partial charge in [0.2, 0.25) is 11.9 Å². The number of aromatic nitrogens is 2. The summed E-state index contributed by atoms with van der Waals surface area (Å²) in [5.41, 5.74) is 4.83. The number of rotatable bonds is 5. The topological polar surface area (TPSA) is 113 Å². The van der Waals surface area contributed by atoms with Crippen LogP contribution in [0.25, 0.3) is 0 Å². The Bertz CT molecular complexity index is 688. The van der Waals surface area contributed by atoms with Gasteiger partial charge in [-0.2, -0.15) is 4.98 Å². The molecule has 1 unspecified atom stereocenters. The number of hydrogen-bond donors (Lipinski definition) is 4. The Kier molecular flexibility index (Phi) is 5.50. The van der Waals surface area contributed by atoms with Crippen LogP contribution in [-0.4, -0.2) is 44.6 Å². The molecule has 0 aliphatic heterocycles. The lowest BCUT2D eigenvalue weighted by Crippen LogP contribution is -2.38. The number of amides is 1. The van der Waals surface area contributed by atoms with E-state index >= 15 is 0 Å². The summed E-state index contributed by atoms with van der Waals surface area (Å²) in [6.07, 6.45) is 4.68. The van der Waals surface area contributed by atoms with Gasteiger partial charge in [-0.15, -0.1) is 0 Å². The highest BCUT2D eigenvalue weighted by Crippen LogP contribution is 2.34. The second kappa shape index (κ2) is 7.53. The minimum absolute atomic E-state index is 0.0389. The Morgan fingerprint density at radius 1 is 1.22 bits per heavy atom. The SMILES string of the molecule is C[C@]1(O)CCCC(Nc2nc(NC3CCC(F)(F)CC3)ncc2C(N)=O)C1. The van der Waals surface area contributed by atoms with Crippen LogP contribution in [-0.2, 0) is 0 Å². The lowest BCUT2D eigenvalue weighted by Gasteiger charge is -2.34. The zero-order chi connectivity index (χ0) is 19.7. The largest absolute Gasteiger partial charge is 0.390 e. The number of carbonyl (C=O) groups excluding carboxylic acids is 1. The number of anilines is 2. The molecule has 2 aliphatic carbocycles. The first-order valence-corrected chi connectivity index (χ1v) is 9.44. The smallest absolute Gasteiger partial charge is 0.254 e. The predicted molar refractivity (Wildman–Crippen MR) is 97.9 cm³/mol. The van der Waals surface area contributed by atoms with E-state index in [1.165, 1.54) is 6.20 Å². The number of nitrogens with one attached hydrogen (secondary N) is 2. The fourth-order valence-electron chi connectivity index (χ4n) is 3.89. The maximum atomic E-state index is 13.3. The van der Waals surface area contributed by atoms with Crippen LogP contribution in [0.4, 0.5) is 20.5 Å². The first kappa shape index (κ1) is 19.7. The van der Waals surface area contributed by atoms with E-state index in [0.717, 1.165) is 19.3 Å². The molecule has 1 aromatic heterocycles. The Morgan fingerprint density at radius 3 is 2.56 bits per heavy atom. The quantitative estimate of drug-likeness (QED) is 0.622. The van der Waals surface area contributed by atoms with Gasteiger partial charge in [-0.1, -0.05) is 0 Å². The highest BCUT2D eigenvalue weighted by molar-refractivity contribution is 5.97. The molecule has 0 saturated heterocycles. The zero-order valence-electron chi connectivity index (χ0n) is 15.5. The third-order valence-corrected chi connectivity index (χ3v) is 5.40. The number of primary amides is 1. The molecule has 0 aromatic carbocycles. The lowest BCUT2D eigenvalue weighted by atomic mass is 9.83. The molecule has 7 nitrogen and oxygen atoms in total. The van der Waals surface area contributed by atoms with Crippen LogP contribution >= 0.6 is 0 Å². The molecule has 0 spiro atoms. The van der Waals surface area contributed by atoms with Gasteiger partial charge in [0.15, 0.2) is 0 Å². The van der Waals surface area contributed by atoms with Crippen molar-refractivity contribution < 1.29 is 18.7 Å². The van der Waals surface area contributed by atoms with E-state index in [1.807, 2.05) is 0 Å². The Hall–Kier alpha value is -2.03. The normalized spacial score (nSPS) is 28.5. The van der Waals surface area contributed by atoms with Gasteiger partial charge in [0.25, 0.3) is 5.91 Å². The van der Waals surface area contributed by atoms with Crippen LogP contribution in [0.2, 0.25) is 0 Å². The first-order chi connectivity index (χ1) is 12.6. The van der Waals surface area contributed by atoms with E-state index in [0.29, 0.717) is 25.1 Å². The van der Waals surface area contributed by atoms with Gasteiger partial charge in [0.1, 0.15) is 5.82 Å². The van der Waals surface area contributed by atoms with Crippen molar-refractivity contribution >= 4 is 17.7 Å². The molecule has 0 bridgehead atoms. The number of alkyl halides is 2. The van der Waals surface area contributed by atoms with Gasteiger partial charge in [0.05, 0.1) is 11.2 Å². The van der Waals surface area contributed by atoms with E-state index in [-0.39, 0.29) is 36.4 Å². The minimum Gasteiger partial charge on any atom is -0.390 e. The second-order valence-corrected chi connectivity index (χ2v) is 8.03. The van der Waals surface area contributed by atoms with Crippen LogP contribution < -0.4 is 16.4 Å². The summed E-state index contributed by atoms with van der Waals surface area (Å²) in [5.74, 6) is -2.66. The van der Waals surface area contributed by atoms with E-state index < -0.39 is 17.4 Å². The first-order valence-electron chi connectivity index (χ1n) is 9.44. The van der Waals surface area contributed by atoms with Crippen LogP contribution in [0.1, 0.15) is 68.6 Å². The van der Waals surface area contributed by atoms with Crippen molar-refractivity contribution in [3.05, 3.63) is 11.8 Å². The Labute approximate surface area is 157 Å². The molecule has 0 radical (unpaired) electrons. The second-order valence-electron chi connectivity index (χ2n) is 8.03. The highest BCUT2D eigenvalue weighted by Gasteiger charge is 2.35. The predicted octanol–water partition coefficient (Wildman–Crippen LogP) is 2.67. The van der Waals surface area contributed by atoms with E-state index in [2.05, 4.69) is 20.6 Å². The van der Waals surface area contributed by atoms with Crippen LogP contribution in [0.15, 0.2) is 6.20 Å². The van der Waals surface area contributed by atoms with Gasteiger partial charge < -0.3 is 21.5 Å². The summed E-state index contributed by atoms with van der Waals surface area (Å²) in [5, 5.41) is 16.6. The standard InChI is InChI=1S/C18H27F2N5O2/c1-17(27)6-2-3-12(9-17)23-15-13(14(21)26)10-22-16(25-15)24-11-4-7-18(19,20)8-5-11/h10-12,27H,2-9H2,1H3,(H2,21,26)(H2,22,23,24,25)/t12?,17-/m0/s1. The van der Waals surface area contributed by atoms with E-state index in [4.69, 9.17) is 5.73 Å². The highest BCUT2D eigenvalue weighted by atomic mass is 19.3. The molecule has 5 N–H and O–H groups in total. The summed E-state index contributed by atoms with van der Waals surface area (Å²) < 4.78 is 26.6. The van der Waals surface area contributed by atoms with Gasteiger partial charge in [0, 0.05) is 31.1 Å². The molecule has 150 valence electrons. The number of nitrogens with zero attached hydrogens (tertiary/aromatic N) is 2. The summed E-state index contributed by atoms with van der Waals surface area (Å²) >= 11 is 0. The monoisotopic (exact) mass is 383 g/mol. The summed E-state index contributed by atoms with van der Waals surface area (Å²) in [7, 11) is 0. The molecule has 2 atom stereocenters. The molecule has 3 rings (SSSR count). The van der Waals surface area contributed by atoms with E-state index in [1.54, 1.807) is 6.92 Å². The number of carbonyl (C=O) groups is 1. The molecular weight excluding hydrogens is 356 g/mol. The molecule has 2 saturated carbocycles. The minimum atomic E-state index is -2.60. The van der Waals surface area contributed by atoms with Crippen molar-refractivity contribution in [2.45, 2.75) is 81.9 Å². The molecule has 1 aromatic rings. The van der Waals surface area contributed by atoms with Gasteiger partial charge in [-0.05, 0) is 45.4 Å². The molecule has 1 amide bonds. The van der Waals surface area contributed by atoms with Gasteiger partial charge >= 0.3 is 0 Å².